The molecule has 3 nitrogen and oxygen atoms in total. The Morgan fingerprint density at radius 2 is 1.84 bits per heavy atom. The highest BCUT2D eigenvalue weighted by atomic mass is 35.5. The molecule has 4 N–H and O–H groups in total. The molecule has 0 aliphatic carbocycles. The highest BCUT2D eigenvalue weighted by Gasteiger charge is 2.11. The van der Waals surface area contributed by atoms with Crippen LogP contribution in [-0.4, -0.2) is 18.2 Å². The van der Waals surface area contributed by atoms with E-state index in [1.54, 1.807) is 12.1 Å². The van der Waals surface area contributed by atoms with Crippen molar-refractivity contribution in [3.8, 4) is 0 Å². The molecule has 0 heterocycles. The molecule has 0 fully saturated rings. The van der Waals surface area contributed by atoms with Crippen LogP contribution in [0.4, 0.5) is 5.69 Å². The molecule has 0 saturated heterocycles. The van der Waals surface area contributed by atoms with Crippen molar-refractivity contribution in [1.82, 2.24) is 5.32 Å². The highest BCUT2D eigenvalue weighted by Crippen LogP contribution is 2.31. The second-order valence-corrected chi connectivity index (χ2v) is 5.49. The summed E-state index contributed by atoms with van der Waals surface area (Å²) in [6.45, 7) is 3.59. The summed E-state index contributed by atoms with van der Waals surface area (Å²) in [5.74, 6) is 0. The number of unbranched alkanes of at least 4 members (excludes halogenated alkanes) is 3. The minimum Gasteiger partial charge on any atom is -0.396 e. The van der Waals surface area contributed by atoms with Crippen LogP contribution < -0.4 is 11.1 Å². The number of hydrogen-bond acceptors (Lipinski definition) is 3. The van der Waals surface area contributed by atoms with Crippen LogP contribution in [-0.2, 0) is 0 Å². The molecular weight excluding hydrogens is 283 g/mol. The topological polar surface area (TPSA) is 58.3 Å². The summed E-state index contributed by atoms with van der Waals surface area (Å²) in [4.78, 5) is 0. The zero-order valence-corrected chi connectivity index (χ0v) is 12.8. The number of hydrogen-bond donors (Lipinski definition) is 3. The molecule has 5 heteroatoms. The molecule has 1 aromatic rings. The lowest BCUT2D eigenvalue weighted by Crippen LogP contribution is -2.22. The second-order valence-electron chi connectivity index (χ2n) is 4.68. The van der Waals surface area contributed by atoms with Crippen molar-refractivity contribution in [2.75, 3.05) is 18.8 Å². The van der Waals surface area contributed by atoms with Crippen molar-refractivity contribution in [2.24, 2.45) is 0 Å². The summed E-state index contributed by atoms with van der Waals surface area (Å²) in [5, 5.41) is 14.0. The summed E-state index contributed by atoms with van der Waals surface area (Å²) in [6, 6.07) is 3.32. The van der Waals surface area contributed by atoms with Gasteiger partial charge >= 0.3 is 0 Å². The van der Waals surface area contributed by atoms with Crippen LogP contribution in [0.3, 0.4) is 0 Å². The molecule has 0 aromatic heterocycles. The van der Waals surface area contributed by atoms with E-state index in [0.29, 0.717) is 27.8 Å². The fourth-order valence-corrected chi connectivity index (χ4v) is 2.33. The van der Waals surface area contributed by atoms with Gasteiger partial charge in [-0.1, -0.05) is 49.4 Å². The van der Waals surface area contributed by atoms with Gasteiger partial charge in [0.15, 0.2) is 0 Å². The van der Waals surface area contributed by atoms with Crippen LogP contribution in [0.25, 0.3) is 0 Å². The van der Waals surface area contributed by atoms with Crippen LogP contribution >= 0.6 is 23.2 Å². The smallest absolute Gasteiger partial charge is 0.0915 e. The summed E-state index contributed by atoms with van der Waals surface area (Å²) >= 11 is 11.9. The highest BCUT2D eigenvalue weighted by molar-refractivity contribution is 6.38. The number of nitrogens with one attached hydrogen (secondary N) is 1. The lowest BCUT2D eigenvalue weighted by atomic mass is 10.1. The molecule has 1 aromatic carbocycles. The van der Waals surface area contributed by atoms with E-state index in [9.17, 15) is 5.11 Å². The minimum absolute atomic E-state index is 0.354. The summed E-state index contributed by atoms with van der Waals surface area (Å²) in [6.07, 6.45) is 4.21. The molecule has 1 atom stereocenters. The molecular formula is C14H22Cl2N2O. The monoisotopic (exact) mass is 304 g/mol. The lowest BCUT2D eigenvalue weighted by Gasteiger charge is -2.14. The minimum atomic E-state index is -0.623. The third-order valence-electron chi connectivity index (χ3n) is 3.03. The summed E-state index contributed by atoms with van der Waals surface area (Å²) in [7, 11) is 0. The van der Waals surface area contributed by atoms with Gasteiger partial charge < -0.3 is 16.2 Å². The van der Waals surface area contributed by atoms with Crippen molar-refractivity contribution in [2.45, 2.75) is 38.7 Å². The summed E-state index contributed by atoms with van der Waals surface area (Å²) in [5.41, 5.74) is 6.70. The van der Waals surface area contributed by atoms with E-state index in [0.717, 1.165) is 13.0 Å². The van der Waals surface area contributed by atoms with Gasteiger partial charge in [-0.05, 0) is 30.7 Å². The molecule has 0 bridgehead atoms. The first kappa shape index (κ1) is 16.6. The molecule has 0 amide bonds. The molecule has 0 saturated carbocycles. The first-order chi connectivity index (χ1) is 9.06. The van der Waals surface area contributed by atoms with Crippen LogP contribution in [0.2, 0.25) is 10.0 Å². The van der Waals surface area contributed by atoms with E-state index in [1.165, 1.54) is 19.3 Å². The number of nitrogen functional groups attached to an aromatic ring is 1. The molecule has 19 heavy (non-hydrogen) atoms. The van der Waals surface area contributed by atoms with Crippen LogP contribution in [0.1, 0.15) is 44.3 Å². The number of aliphatic hydroxyl groups is 1. The third kappa shape index (κ3) is 5.57. The Labute approximate surface area is 125 Å². The standard InChI is InChI=1S/C14H22Cl2N2O/c1-2-3-4-5-6-18-9-13(19)10-7-11(15)14(17)12(16)8-10/h7-8,13,18-19H,2-6,9,17H2,1H3. The first-order valence-electron chi connectivity index (χ1n) is 6.69. The molecule has 0 aliphatic heterocycles. The SMILES string of the molecule is CCCCCCNCC(O)c1cc(Cl)c(N)c(Cl)c1. The van der Waals surface area contributed by atoms with E-state index in [2.05, 4.69) is 12.2 Å². The Morgan fingerprint density at radius 1 is 1.21 bits per heavy atom. The second kappa shape index (κ2) is 8.64. The zero-order chi connectivity index (χ0) is 14.3. The number of anilines is 1. The Balaban J connectivity index is 2.39. The third-order valence-corrected chi connectivity index (χ3v) is 3.66. The Hall–Kier alpha value is -0.480. The average Bonchev–Trinajstić information content (AvgIpc) is 2.39. The van der Waals surface area contributed by atoms with Crippen LogP contribution in [0.5, 0.6) is 0 Å². The quantitative estimate of drug-likeness (QED) is 0.506. The van der Waals surface area contributed by atoms with Gasteiger partial charge in [-0.15, -0.1) is 0 Å². The van der Waals surface area contributed by atoms with E-state index < -0.39 is 6.10 Å². The zero-order valence-electron chi connectivity index (χ0n) is 11.3. The molecule has 108 valence electrons. The van der Waals surface area contributed by atoms with Gasteiger partial charge in [-0.25, -0.2) is 0 Å². The Morgan fingerprint density at radius 3 is 2.42 bits per heavy atom. The lowest BCUT2D eigenvalue weighted by molar-refractivity contribution is 0.174. The van der Waals surface area contributed by atoms with Gasteiger partial charge in [0.2, 0.25) is 0 Å². The van der Waals surface area contributed by atoms with Gasteiger partial charge in [-0.2, -0.15) is 0 Å². The Kier molecular flexibility index (Phi) is 7.54. The number of benzene rings is 1. The van der Waals surface area contributed by atoms with Crippen molar-refractivity contribution in [3.05, 3.63) is 27.7 Å². The van der Waals surface area contributed by atoms with Gasteiger partial charge in [0.1, 0.15) is 0 Å². The maximum absolute atomic E-state index is 10.0. The van der Waals surface area contributed by atoms with E-state index in [1.807, 2.05) is 0 Å². The number of aliphatic hydroxyl groups excluding tert-OH is 1. The predicted molar refractivity (Wildman–Crippen MR) is 82.8 cm³/mol. The number of rotatable bonds is 8. The van der Waals surface area contributed by atoms with Crippen molar-refractivity contribution < 1.29 is 5.11 Å². The van der Waals surface area contributed by atoms with Gasteiger partial charge in [0, 0.05) is 6.54 Å². The van der Waals surface area contributed by atoms with Gasteiger partial charge in [-0.3, -0.25) is 0 Å². The maximum atomic E-state index is 10.0. The Bertz CT molecular complexity index is 376. The fourth-order valence-electron chi connectivity index (χ4n) is 1.83. The fraction of sp³-hybridized carbons (Fsp3) is 0.571. The summed E-state index contributed by atoms with van der Waals surface area (Å²) < 4.78 is 0. The molecule has 0 spiro atoms. The van der Waals surface area contributed by atoms with Gasteiger partial charge in [0.05, 0.1) is 21.8 Å². The maximum Gasteiger partial charge on any atom is 0.0915 e. The molecule has 0 aliphatic rings. The van der Waals surface area contributed by atoms with E-state index >= 15 is 0 Å². The van der Waals surface area contributed by atoms with Gasteiger partial charge in [0.25, 0.3) is 0 Å². The number of halogens is 2. The van der Waals surface area contributed by atoms with Crippen molar-refractivity contribution in [1.29, 1.82) is 0 Å². The van der Waals surface area contributed by atoms with Crippen LogP contribution in [0, 0.1) is 0 Å². The largest absolute Gasteiger partial charge is 0.396 e. The normalized spacial score (nSPS) is 12.6. The molecule has 0 radical (unpaired) electrons. The molecule has 1 rings (SSSR count). The molecule has 1 unspecified atom stereocenters. The van der Waals surface area contributed by atoms with Crippen LogP contribution in [0.15, 0.2) is 12.1 Å². The predicted octanol–water partition coefficient (Wildman–Crippen LogP) is 3.78. The number of nitrogens with two attached hydrogens (primary N) is 1. The van der Waals surface area contributed by atoms with E-state index in [-0.39, 0.29) is 0 Å². The van der Waals surface area contributed by atoms with Crippen molar-refractivity contribution >= 4 is 28.9 Å². The average molecular weight is 305 g/mol. The van der Waals surface area contributed by atoms with Crippen molar-refractivity contribution in [3.63, 3.8) is 0 Å². The first-order valence-corrected chi connectivity index (χ1v) is 7.45. The van der Waals surface area contributed by atoms with E-state index in [4.69, 9.17) is 28.9 Å².